The Kier molecular flexibility index (Phi) is 4.38. The Hall–Kier alpha value is -2.25. The Morgan fingerprint density at radius 2 is 1.92 bits per heavy atom. The quantitative estimate of drug-likeness (QED) is 0.670. The standard InChI is InChI=1S/C16H18ClN5OSi/c1-23-15-8-13(18-10-19-15)12-7-11(17)5-6-14(12)22-9-16(20-21-22)24(2,3)4/h5-10H,1-4H3. The van der Waals surface area contributed by atoms with Gasteiger partial charge in [-0.15, -0.1) is 5.10 Å². The lowest BCUT2D eigenvalue weighted by Gasteiger charge is -2.11. The summed E-state index contributed by atoms with van der Waals surface area (Å²) in [7, 11) is 0.0383. The largest absolute Gasteiger partial charge is 0.481 e. The van der Waals surface area contributed by atoms with Crippen molar-refractivity contribution in [2.24, 2.45) is 0 Å². The van der Waals surface area contributed by atoms with Gasteiger partial charge in [0.2, 0.25) is 5.88 Å². The van der Waals surface area contributed by atoms with Crippen LogP contribution in [0.2, 0.25) is 24.7 Å². The van der Waals surface area contributed by atoms with E-state index in [4.69, 9.17) is 16.3 Å². The molecule has 1 aromatic carbocycles. The lowest BCUT2D eigenvalue weighted by Crippen LogP contribution is -2.38. The van der Waals surface area contributed by atoms with Gasteiger partial charge in [0.05, 0.1) is 23.8 Å². The second kappa shape index (κ2) is 6.33. The maximum atomic E-state index is 6.19. The Balaban J connectivity index is 2.14. The smallest absolute Gasteiger partial charge is 0.216 e. The first-order valence-corrected chi connectivity index (χ1v) is 11.4. The van der Waals surface area contributed by atoms with Gasteiger partial charge in [-0.1, -0.05) is 36.5 Å². The van der Waals surface area contributed by atoms with E-state index in [0.29, 0.717) is 16.6 Å². The molecule has 0 bridgehead atoms. The van der Waals surface area contributed by atoms with Crippen molar-refractivity contribution in [1.29, 1.82) is 0 Å². The van der Waals surface area contributed by atoms with Gasteiger partial charge in [-0.3, -0.25) is 0 Å². The van der Waals surface area contributed by atoms with Gasteiger partial charge >= 0.3 is 0 Å². The van der Waals surface area contributed by atoms with Crippen LogP contribution in [0.3, 0.4) is 0 Å². The average Bonchev–Trinajstić information content (AvgIpc) is 3.05. The molecule has 0 saturated heterocycles. The van der Waals surface area contributed by atoms with Crippen LogP contribution >= 0.6 is 11.6 Å². The maximum Gasteiger partial charge on any atom is 0.216 e. The van der Waals surface area contributed by atoms with Gasteiger partial charge in [0.15, 0.2) is 0 Å². The van der Waals surface area contributed by atoms with Crippen molar-refractivity contribution in [3.8, 4) is 22.8 Å². The molecule has 0 radical (unpaired) electrons. The molecule has 8 heteroatoms. The molecule has 0 aliphatic heterocycles. The van der Waals surface area contributed by atoms with Crippen LogP contribution in [0.25, 0.3) is 16.9 Å². The molecule has 0 spiro atoms. The van der Waals surface area contributed by atoms with E-state index in [1.54, 1.807) is 17.9 Å². The zero-order valence-electron chi connectivity index (χ0n) is 14.0. The molecule has 0 atom stereocenters. The van der Waals surface area contributed by atoms with Crippen LogP contribution in [0.5, 0.6) is 5.88 Å². The molecule has 3 aromatic rings. The molecule has 0 saturated carbocycles. The Bertz CT molecular complexity index is 875. The SMILES string of the molecule is COc1cc(-c2cc(Cl)ccc2-n2cc([Si](C)(C)C)nn2)ncn1. The molecule has 6 nitrogen and oxygen atoms in total. The number of benzene rings is 1. The van der Waals surface area contributed by atoms with Crippen molar-refractivity contribution >= 4 is 25.0 Å². The zero-order chi connectivity index (χ0) is 17.3. The summed E-state index contributed by atoms with van der Waals surface area (Å²) in [5.74, 6) is 0.493. The van der Waals surface area contributed by atoms with E-state index in [0.717, 1.165) is 16.6 Å². The average molecular weight is 360 g/mol. The first kappa shape index (κ1) is 16.6. The molecule has 124 valence electrons. The number of ether oxygens (including phenoxy) is 1. The van der Waals surface area contributed by atoms with Crippen molar-refractivity contribution in [3.05, 3.63) is 41.8 Å². The minimum atomic E-state index is -1.53. The minimum absolute atomic E-state index is 0.493. The van der Waals surface area contributed by atoms with Crippen LogP contribution in [0.1, 0.15) is 0 Å². The predicted molar refractivity (Wildman–Crippen MR) is 96.9 cm³/mol. The summed E-state index contributed by atoms with van der Waals surface area (Å²) in [6.45, 7) is 6.71. The number of methoxy groups -OCH3 is 1. The Labute approximate surface area is 146 Å². The number of halogens is 1. The third-order valence-electron chi connectivity index (χ3n) is 3.59. The lowest BCUT2D eigenvalue weighted by atomic mass is 10.1. The molecule has 0 amide bonds. The van der Waals surface area contributed by atoms with Gasteiger partial charge in [0.1, 0.15) is 14.4 Å². The Morgan fingerprint density at radius 3 is 2.58 bits per heavy atom. The van der Waals surface area contributed by atoms with Gasteiger partial charge in [-0.25, -0.2) is 14.6 Å². The van der Waals surface area contributed by atoms with Crippen LogP contribution in [0.15, 0.2) is 36.8 Å². The number of rotatable bonds is 4. The minimum Gasteiger partial charge on any atom is -0.481 e. The molecule has 0 aliphatic rings. The number of aromatic nitrogens is 5. The van der Waals surface area contributed by atoms with Gasteiger partial charge in [0, 0.05) is 22.8 Å². The van der Waals surface area contributed by atoms with E-state index in [9.17, 15) is 0 Å². The van der Waals surface area contributed by atoms with Crippen LogP contribution in [0.4, 0.5) is 0 Å². The summed E-state index contributed by atoms with van der Waals surface area (Å²) in [5, 5.41) is 10.3. The molecule has 3 rings (SSSR count). The van der Waals surface area contributed by atoms with Crippen LogP contribution < -0.4 is 10.1 Å². The van der Waals surface area contributed by atoms with E-state index in [1.807, 2.05) is 24.4 Å². The van der Waals surface area contributed by atoms with Gasteiger partial charge in [0.25, 0.3) is 0 Å². The molecular formula is C16H18ClN5OSi. The van der Waals surface area contributed by atoms with Gasteiger partial charge in [-0.05, 0) is 18.2 Å². The van der Waals surface area contributed by atoms with Crippen molar-refractivity contribution in [2.75, 3.05) is 7.11 Å². The van der Waals surface area contributed by atoms with Crippen molar-refractivity contribution in [3.63, 3.8) is 0 Å². The molecule has 24 heavy (non-hydrogen) atoms. The summed E-state index contributed by atoms with van der Waals surface area (Å²) in [4.78, 5) is 8.39. The second-order valence-corrected chi connectivity index (χ2v) is 11.9. The third kappa shape index (κ3) is 3.32. The van der Waals surface area contributed by atoms with E-state index in [2.05, 4.69) is 39.9 Å². The maximum absolute atomic E-state index is 6.19. The summed E-state index contributed by atoms with van der Waals surface area (Å²) in [6.07, 6.45) is 3.45. The van der Waals surface area contributed by atoms with E-state index in [1.165, 1.54) is 6.33 Å². The Morgan fingerprint density at radius 1 is 1.12 bits per heavy atom. The highest BCUT2D eigenvalue weighted by molar-refractivity contribution is 6.88. The molecule has 0 unspecified atom stereocenters. The monoisotopic (exact) mass is 359 g/mol. The first-order valence-electron chi connectivity index (χ1n) is 7.47. The molecule has 0 aliphatic carbocycles. The van der Waals surface area contributed by atoms with Crippen molar-refractivity contribution < 1.29 is 4.74 Å². The normalized spacial score (nSPS) is 11.5. The van der Waals surface area contributed by atoms with Crippen LogP contribution in [-0.2, 0) is 0 Å². The topological polar surface area (TPSA) is 65.7 Å². The fourth-order valence-electron chi connectivity index (χ4n) is 2.24. The highest BCUT2D eigenvalue weighted by atomic mass is 35.5. The summed E-state index contributed by atoms with van der Waals surface area (Å²) >= 11 is 6.19. The van der Waals surface area contributed by atoms with E-state index >= 15 is 0 Å². The number of hydrogen-bond donors (Lipinski definition) is 0. The van der Waals surface area contributed by atoms with Crippen LogP contribution in [-0.4, -0.2) is 40.1 Å². The highest BCUT2D eigenvalue weighted by Crippen LogP contribution is 2.29. The first-order chi connectivity index (χ1) is 11.4. The summed E-state index contributed by atoms with van der Waals surface area (Å²) in [5.41, 5.74) is 2.41. The molecular weight excluding hydrogens is 342 g/mol. The molecule has 0 N–H and O–H groups in total. The van der Waals surface area contributed by atoms with Crippen molar-refractivity contribution in [1.82, 2.24) is 25.0 Å². The molecule has 0 fully saturated rings. The van der Waals surface area contributed by atoms with E-state index < -0.39 is 8.07 Å². The third-order valence-corrected chi connectivity index (χ3v) is 5.60. The number of nitrogens with zero attached hydrogens (tertiary/aromatic N) is 5. The number of hydrogen-bond acceptors (Lipinski definition) is 5. The van der Waals surface area contributed by atoms with Crippen molar-refractivity contribution in [2.45, 2.75) is 19.6 Å². The lowest BCUT2D eigenvalue weighted by molar-refractivity contribution is 0.397. The van der Waals surface area contributed by atoms with Crippen LogP contribution in [0, 0.1) is 0 Å². The van der Waals surface area contributed by atoms with Gasteiger partial charge in [-0.2, -0.15) is 0 Å². The predicted octanol–water partition coefficient (Wildman–Crippen LogP) is 2.93. The van der Waals surface area contributed by atoms with Gasteiger partial charge < -0.3 is 4.74 Å². The fourth-order valence-corrected chi connectivity index (χ4v) is 3.26. The molecule has 2 aromatic heterocycles. The summed E-state index contributed by atoms with van der Waals surface area (Å²) < 4.78 is 6.96. The summed E-state index contributed by atoms with van der Waals surface area (Å²) in [6, 6.07) is 7.36. The zero-order valence-corrected chi connectivity index (χ0v) is 15.7. The highest BCUT2D eigenvalue weighted by Gasteiger charge is 2.21. The fraction of sp³-hybridized carbons (Fsp3) is 0.250. The second-order valence-electron chi connectivity index (χ2n) is 6.41. The molecule has 2 heterocycles. The van der Waals surface area contributed by atoms with E-state index in [-0.39, 0.29) is 0 Å².